The van der Waals surface area contributed by atoms with E-state index < -0.39 is 0 Å². The van der Waals surface area contributed by atoms with Gasteiger partial charge in [-0.3, -0.25) is 4.79 Å². The van der Waals surface area contributed by atoms with Gasteiger partial charge in [0.05, 0.1) is 37.1 Å². The zero-order valence-electron chi connectivity index (χ0n) is 13.0. The van der Waals surface area contributed by atoms with E-state index in [0.717, 1.165) is 11.3 Å². The maximum absolute atomic E-state index is 12.5. The summed E-state index contributed by atoms with van der Waals surface area (Å²) in [5, 5.41) is 4.34. The van der Waals surface area contributed by atoms with Crippen LogP contribution in [-0.4, -0.2) is 45.9 Å². The van der Waals surface area contributed by atoms with Crippen molar-refractivity contribution >= 4 is 5.91 Å². The van der Waals surface area contributed by atoms with Gasteiger partial charge in [0.25, 0.3) is 0 Å². The Bertz CT molecular complexity index is 638. The minimum atomic E-state index is 0.104. The van der Waals surface area contributed by atoms with Crippen molar-refractivity contribution in [1.82, 2.24) is 14.7 Å². The average molecular weight is 299 g/mol. The fourth-order valence-electron chi connectivity index (χ4n) is 2.70. The third-order valence-corrected chi connectivity index (χ3v) is 3.94. The highest BCUT2D eigenvalue weighted by Gasteiger charge is 2.27. The van der Waals surface area contributed by atoms with Crippen molar-refractivity contribution in [2.75, 3.05) is 13.2 Å². The fraction of sp³-hybridized carbons (Fsp3) is 0.412. The molecule has 0 spiro atoms. The lowest BCUT2D eigenvalue weighted by molar-refractivity contribution is -0.142. The number of rotatable bonds is 3. The molecule has 5 heteroatoms. The summed E-state index contributed by atoms with van der Waals surface area (Å²) in [5.41, 5.74) is 1.93. The number of carbonyl (C=O) groups excluding carboxylic acids is 1. The zero-order valence-corrected chi connectivity index (χ0v) is 13.0. The molecule has 1 aromatic heterocycles. The molecular weight excluding hydrogens is 278 g/mol. The van der Waals surface area contributed by atoms with Crippen LogP contribution in [0.2, 0.25) is 0 Å². The van der Waals surface area contributed by atoms with Gasteiger partial charge >= 0.3 is 0 Å². The first-order valence-corrected chi connectivity index (χ1v) is 7.63. The first kappa shape index (κ1) is 14.8. The van der Waals surface area contributed by atoms with Crippen molar-refractivity contribution in [1.29, 1.82) is 0 Å². The molecule has 1 aromatic carbocycles. The van der Waals surface area contributed by atoms with Gasteiger partial charge in [0.1, 0.15) is 0 Å². The lowest BCUT2D eigenvalue weighted by atomic mass is 10.1. The van der Waals surface area contributed by atoms with Gasteiger partial charge < -0.3 is 9.64 Å². The predicted octanol–water partition coefficient (Wildman–Crippen LogP) is 2.05. The lowest BCUT2D eigenvalue weighted by Crippen LogP contribution is -2.50. The smallest absolute Gasteiger partial charge is 0.227 e. The van der Waals surface area contributed by atoms with Crippen molar-refractivity contribution in [3.63, 3.8) is 0 Å². The predicted molar refractivity (Wildman–Crippen MR) is 83.9 cm³/mol. The summed E-state index contributed by atoms with van der Waals surface area (Å²) < 4.78 is 7.37. The van der Waals surface area contributed by atoms with Gasteiger partial charge in [-0.1, -0.05) is 18.2 Å². The Hall–Kier alpha value is -2.14. The molecule has 0 N–H and O–H groups in total. The lowest BCUT2D eigenvalue weighted by Gasteiger charge is -2.36. The monoisotopic (exact) mass is 299 g/mol. The van der Waals surface area contributed by atoms with Crippen molar-refractivity contribution in [3.8, 4) is 5.69 Å². The number of aromatic nitrogens is 2. The van der Waals surface area contributed by atoms with E-state index in [-0.39, 0.29) is 18.1 Å². The third kappa shape index (κ3) is 3.20. The molecule has 0 bridgehead atoms. The van der Waals surface area contributed by atoms with Crippen LogP contribution in [0.1, 0.15) is 19.4 Å². The molecule has 2 atom stereocenters. The first-order chi connectivity index (χ1) is 10.6. The number of nitrogens with zero attached hydrogens (tertiary/aromatic N) is 3. The molecule has 22 heavy (non-hydrogen) atoms. The van der Waals surface area contributed by atoms with E-state index >= 15 is 0 Å². The van der Waals surface area contributed by atoms with Crippen LogP contribution >= 0.6 is 0 Å². The quantitative estimate of drug-likeness (QED) is 0.871. The molecule has 2 aromatic rings. The molecule has 0 radical (unpaired) electrons. The summed E-state index contributed by atoms with van der Waals surface area (Å²) in [4.78, 5) is 14.4. The van der Waals surface area contributed by atoms with E-state index in [2.05, 4.69) is 5.10 Å². The van der Waals surface area contributed by atoms with Crippen molar-refractivity contribution in [2.24, 2.45) is 0 Å². The Morgan fingerprint density at radius 1 is 1.32 bits per heavy atom. The van der Waals surface area contributed by atoms with E-state index in [1.54, 1.807) is 10.9 Å². The summed E-state index contributed by atoms with van der Waals surface area (Å²) >= 11 is 0. The molecule has 1 aliphatic heterocycles. The second-order valence-electron chi connectivity index (χ2n) is 5.84. The summed E-state index contributed by atoms with van der Waals surface area (Å²) in [6.07, 6.45) is 4.16. The summed E-state index contributed by atoms with van der Waals surface area (Å²) in [7, 11) is 0. The minimum absolute atomic E-state index is 0.104. The fourth-order valence-corrected chi connectivity index (χ4v) is 2.70. The normalized spacial score (nSPS) is 21.8. The second-order valence-corrected chi connectivity index (χ2v) is 5.84. The summed E-state index contributed by atoms with van der Waals surface area (Å²) in [6.45, 7) is 5.29. The standard InChI is InChI=1S/C17H21N3O2/c1-13-12-22-14(2)10-19(13)17(21)8-15-9-18-20(11-15)16-6-4-3-5-7-16/h3-7,9,11,13-14H,8,10,12H2,1-2H3. The molecule has 116 valence electrons. The number of hydrogen-bond acceptors (Lipinski definition) is 3. The van der Waals surface area contributed by atoms with Crippen LogP contribution in [0.15, 0.2) is 42.7 Å². The number of amides is 1. The van der Waals surface area contributed by atoms with Crippen LogP contribution in [0.4, 0.5) is 0 Å². The van der Waals surface area contributed by atoms with Crippen LogP contribution in [0, 0.1) is 0 Å². The zero-order chi connectivity index (χ0) is 15.5. The van der Waals surface area contributed by atoms with Crippen LogP contribution in [0.25, 0.3) is 5.69 Å². The Balaban J connectivity index is 1.68. The number of ether oxygens (including phenoxy) is 1. The van der Waals surface area contributed by atoms with E-state index in [1.807, 2.05) is 55.3 Å². The Labute approximate surface area is 130 Å². The second kappa shape index (κ2) is 6.32. The number of morpholine rings is 1. The first-order valence-electron chi connectivity index (χ1n) is 7.63. The SMILES string of the molecule is CC1CN(C(=O)Cc2cnn(-c3ccccc3)c2)C(C)CO1. The molecular formula is C17H21N3O2. The van der Waals surface area contributed by atoms with Gasteiger partial charge in [0, 0.05) is 12.7 Å². The number of carbonyl (C=O) groups is 1. The minimum Gasteiger partial charge on any atom is -0.375 e. The van der Waals surface area contributed by atoms with Crippen molar-refractivity contribution < 1.29 is 9.53 Å². The molecule has 1 amide bonds. The Morgan fingerprint density at radius 3 is 2.86 bits per heavy atom. The maximum Gasteiger partial charge on any atom is 0.227 e. The van der Waals surface area contributed by atoms with Gasteiger partial charge in [0.2, 0.25) is 5.91 Å². The van der Waals surface area contributed by atoms with E-state index in [1.165, 1.54) is 0 Å². The molecule has 1 aliphatic rings. The molecule has 2 heterocycles. The van der Waals surface area contributed by atoms with E-state index in [0.29, 0.717) is 19.6 Å². The summed E-state index contributed by atoms with van der Waals surface area (Å²) in [6, 6.07) is 10.0. The third-order valence-electron chi connectivity index (χ3n) is 3.94. The molecule has 5 nitrogen and oxygen atoms in total. The van der Waals surface area contributed by atoms with Crippen molar-refractivity contribution in [2.45, 2.75) is 32.4 Å². The maximum atomic E-state index is 12.5. The molecule has 2 unspecified atom stereocenters. The largest absolute Gasteiger partial charge is 0.375 e. The van der Waals surface area contributed by atoms with Crippen LogP contribution in [0.5, 0.6) is 0 Å². The Kier molecular flexibility index (Phi) is 4.24. The highest BCUT2D eigenvalue weighted by Crippen LogP contribution is 2.14. The molecule has 0 aliphatic carbocycles. The molecule has 1 fully saturated rings. The van der Waals surface area contributed by atoms with Crippen LogP contribution in [0.3, 0.4) is 0 Å². The van der Waals surface area contributed by atoms with Gasteiger partial charge in [-0.05, 0) is 31.5 Å². The molecule has 3 rings (SSSR count). The topological polar surface area (TPSA) is 47.4 Å². The molecule has 1 saturated heterocycles. The van der Waals surface area contributed by atoms with Gasteiger partial charge in [-0.2, -0.15) is 5.10 Å². The Morgan fingerprint density at radius 2 is 2.09 bits per heavy atom. The van der Waals surface area contributed by atoms with Crippen molar-refractivity contribution in [3.05, 3.63) is 48.3 Å². The number of para-hydroxylation sites is 1. The van der Waals surface area contributed by atoms with E-state index in [4.69, 9.17) is 4.74 Å². The average Bonchev–Trinajstić information content (AvgIpc) is 2.99. The number of hydrogen-bond donors (Lipinski definition) is 0. The molecule has 0 saturated carbocycles. The van der Waals surface area contributed by atoms with Crippen LogP contribution in [-0.2, 0) is 16.0 Å². The van der Waals surface area contributed by atoms with Gasteiger partial charge in [0.15, 0.2) is 0 Å². The van der Waals surface area contributed by atoms with E-state index in [9.17, 15) is 4.79 Å². The number of benzene rings is 1. The van der Waals surface area contributed by atoms with Gasteiger partial charge in [-0.25, -0.2) is 4.68 Å². The highest BCUT2D eigenvalue weighted by atomic mass is 16.5. The highest BCUT2D eigenvalue weighted by molar-refractivity contribution is 5.79. The van der Waals surface area contributed by atoms with Gasteiger partial charge in [-0.15, -0.1) is 0 Å². The van der Waals surface area contributed by atoms with Crippen LogP contribution < -0.4 is 0 Å². The summed E-state index contributed by atoms with van der Waals surface area (Å²) in [5.74, 6) is 0.135.